The molecule has 0 saturated carbocycles. The van der Waals surface area contributed by atoms with Crippen molar-refractivity contribution in [3.63, 3.8) is 0 Å². The highest BCUT2D eigenvalue weighted by molar-refractivity contribution is 5.05. The third kappa shape index (κ3) is 1.33. The summed E-state index contributed by atoms with van der Waals surface area (Å²) in [5.41, 5.74) is 1.12. The molecule has 0 radical (unpaired) electrons. The van der Waals surface area contributed by atoms with E-state index in [-0.39, 0.29) is 6.10 Å². The van der Waals surface area contributed by atoms with Gasteiger partial charge in [0.2, 0.25) is 0 Å². The van der Waals surface area contributed by atoms with Crippen molar-refractivity contribution in [1.82, 2.24) is 4.98 Å². The Morgan fingerprint density at radius 3 is 2.89 bits per heavy atom. The zero-order valence-electron chi connectivity index (χ0n) is 5.72. The molecule has 0 aromatic carbocycles. The highest BCUT2D eigenvalue weighted by Gasteiger charge is 2.00. The molecule has 1 N–H and O–H groups in total. The van der Waals surface area contributed by atoms with Crippen LogP contribution < -0.4 is 0 Å². The lowest BCUT2D eigenvalue weighted by Crippen LogP contribution is -1.94. The summed E-state index contributed by atoms with van der Waals surface area (Å²) < 4.78 is 5.06. The number of H-pyrrole nitrogens is 1. The van der Waals surface area contributed by atoms with E-state index >= 15 is 0 Å². The molecule has 1 heterocycles. The minimum atomic E-state index is 0.181. The van der Waals surface area contributed by atoms with E-state index in [1.807, 2.05) is 25.3 Å². The van der Waals surface area contributed by atoms with Gasteiger partial charge in [0.1, 0.15) is 0 Å². The van der Waals surface area contributed by atoms with E-state index < -0.39 is 0 Å². The fraction of sp³-hybridized carbons (Fsp3) is 0.429. The maximum atomic E-state index is 5.06. The van der Waals surface area contributed by atoms with Gasteiger partial charge in [-0.15, -0.1) is 0 Å². The number of ether oxygens (including phenoxy) is 1. The number of nitrogens with one attached hydrogen (secondary N) is 1. The van der Waals surface area contributed by atoms with Crippen LogP contribution in [0.4, 0.5) is 0 Å². The summed E-state index contributed by atoms with van der Waals surface area (Å²) in [6.45, 7) is 2.01. The number of rotatable bonds is 2. The first-order valence-electron chi connectivity index (χ1n) is 3.00. The quantitative estimate of drug-likeness (QED) is 0.639. The van der Waals surface area contributed by atoms with E-state index in [9.17, 15) is 0 Å². The molecule has 1 atom stereocenters. The van der Waals surface area contributed by atoms with Crippen LogP contribution in [-0.2, 0) is 4.74 Å². The topological polar surface area (TPSA) is 25.0 Å². The van der Waals surface area contributed by atoms with Crippen LogP contribution in [0.15, 0.2) is 18.3 Å². The Bertz CT molecular complexity index is 157. The number of methoxy groups -OCH3 is 1. The highest BCUT2D eigenvalue weighted by atomic mass is 16.5. The molecule has 1 unspecified atom stereocenters. The van der Waals surface area contributed by atoms with Crippen molar-refractivity contribution in [2.75, 3.05) is 7.11 Å². The molecule has 1 rings (SSSR count). The smallest absolute Gasteiger partial charge is 0.0940 e. The highest BCUT2D eigenvalue weighted by Crippen LogP contribution is 2.11. The SMILES string of the molecule is COC(C)c1ccc[nH]1. The van der Waals surface area contributed by atoms with E-state index in [0.717, 1.165) is 5.69 Å². The van der Waals surface area contributed by atoms with Gasteiger partial charge in [0.05, 0.1) is 6.10 Å². The lowest BCUT2D eigenvalue weighted by molar-refractivity contribution is 0.116. The van der Waals surface area contributed by atoms with Gasteiger partial charge in [-0.3, -0.25) is 0 Å². The van der Waals surface area contributed by atoms with Gasteiger partial charge in [0.25, 0.3) is 0 Å². The average Bonchev–Trinajstić information content (AvgIpc) is 2.37. The Hall–Kier alpha value is -0.760. The molecule has 0 fully saturated rings. The zero-order chi connectivity index (χ0) is 6.69. The molecule has 2 nitrogen and oxygen atoms in total. The molecule has 0 bridgehead atoms. The van der Waals surface area contributed by atoms with Crippen LogP contribution >= 0.6 is 0 Å². The monoisotopic (exact) mass is 125 g/mol. The van der Waals surface area contributed by atoms with Crippen LogP contribution in [0.3, 0.4) is 0 Å². The lowest BCUT2D eigenvalue weighted by Gasteiger charge is -2.04. The van der Waals surface area contributed by atoms with Crippen molar-refractivity contribution in [3.8, 4) is 0 Å². The standard InChI is InChI=1S/C7H11NO/c1-6(9-2)7-4-3-5-8-7/h3-6,8H,1-2H3. The largest absolute Gasteiger partial charge is 0.376 e. The van der Waals surface area contributed by atoms with E-state index in [1.165, 1.54) is 0 Å². The Morgan fingerprint density at radius 1 is 1.67 bits per heavy atom. The van der Waals surface area contributed by atoms with Crippen LogP contribution in [-0.4, -0.2) is 12.1 Å². The molecule has 0 amide bonds. The van der Waals surface area contributed by atoms with E-state index in [4.69, 9.17) is 4.74 Å². The molecule has 0 saturated heterocycles. The van der Waals surface area contributed by atoms with Gasteiger partial charge in [-0.1, -0.05) is 0 Å². The molecule has 0 spiro atoms. The van der Waals surface area contributed by atoms with Gasteiger partial charge in [0.15, 0.2) is 0 Å². The maximum Gasteiger partial charge on any atom is 0.0940 e. The third-order valence-electron chi connectivity index (χ3n) is 1.41. The predicted molar refractivity (Wildman–Crippen MR) is 36.2 cm³/mol. The Kier molecular flexibility index (Phi) is 1.90. The van der Waals surface area contributed by atoms with Crippen LogP contribution in [0.5, 0.6) is 0 Å². The van der Waals surface area contributed by atoms with E-state index in [0.29, 0.717) is 0 Å². The second-order valence-corrected chi connectivity index (χ2v) is 2.00. The van der Waals surface area contributed by atoms with E-state index in [2.05, 4.69) is 4.98 Å². The molecular weight excluding hydrogens is 114 g/mol. The second kappa shape index (κ2) is 2.69. The van der Waals surface area contributed by atoms with Gasteiger partial charge in [-0.05, 0) is 19.1 Å². The number of hydrogen-bond acceptors (Lipinski definition) is 1. The van der Waals surface area contributed by atoms with Crippen LogP contribution in [0.25, 0.3) is 0 Å². The van der Waals surface area contributed by atoms with Crippen LogP contribution in [0.2, 0.25) is 0 Å². The van der Waals surface area contributed by atoms with Gasteiger partial charge < -0.3 is 9.72 Å². The summed E-state index contributed by atoms with van der Waals surface area (Å²) in [7, 11) is 1.70. The van der Waals surface area contributed by atoms with Crippen molar-refractivity contribution < 1.29 is 4.74 Å². The first kappa shape index (κ1) is 6.36. The first-order chi connectivity index (χ1) is 4.34. The summed E-state index contributed by atoms with van der Waals surface area (Å²) in [6.07, 6.45) is 2.07. The minimum absolute atomic E-state index is 0.181. The van der Waals surface area contributed by atoms with Gasteiger partial charge in [-0.2, -0.15) is 0 Å². The third-order valence-corrected chi connectivity index (χ3v) is 1.41. The molecule has 9 heavy (non-hydrogen) atoms. The molecule has 1 aromatic heterocycles. The van der Waals surface area contributed by atoms with Crippen molar-refractivity contribution in [2.45, 2.75) is 13.0 Å². The normalized spacial score (nSPS) is 13.6. The summed E-state index contributed by atoms with van der Waals surface area (Å²) in [5.74, 6) is 0. The van der Waals surface area contributed by atoms with E-state index in [1.54, 1.807) is 7.11 Å². The fourth-order valence-corrected chi connectivity index (χ4v) is 0.724. The lowest BCUT2D eigenvalue weighted by atomic mass is 10.3. The maximum absolute atomic E-state index is 5.06. The molecule has 50 valence electrons. The predicted octanol–water partition coefficient (Wildman–Crippen LogP) is 1.72. The minimum Gasteiger partial charge on any atom is -0.376 e. The molecular formula is C7H11NO. The van der Waals surface area contributed by atoms with Gasteiger partial charge >= 0.3 is 0 Å². The molecule has 2 heteroatoms. The summed E-state index contributed by atoms with van der Waals surface area (Å²) in [5, 5.41) is 0. The number of aromatic nitrogens is 1. The van der Waals surface area contributed by atoms with Crippen molar-refractivity contribution in [2.24, 2.45) is 0 Å². The van der Waals surface area contributed by atoms with Crippen molar-refractivity contribution >= 4 is 0 Å². The van der Waals surface area contributed by atoms with Crippen LogP contribution in [0.1, 0.15) is 18.7 Å². The molecule has 0 aliphatic carbocycles. The Labute approximate surface area is 54.8 Å². The van der Waals surface area contributed by atoms with Gasteiger partial charge in [0, 0.05) is 19.0 Å². The first-order valence-corrected chi connectivity index (χ1v) is 3.00. The zero-order valence-corrected chi connectivity index (χ0v) is 5.72. The second-order valence-electron chi connectivity index (χ2n) is 2.00. The Balaban J connectivity index is 2.65. The molecule has 0 aliphatic rings. The van der Waals surface area contributed by atoms with Crippen molar-refractivity contribution in [1.29, 1.82) is 0 Å². The molecule has 0 aliphatic heterocycles. The summed E-state index contributed by atoms with van der Waals surface area (Å²) in [4.78, 5) is 3.06. The van der Waals surface area contributed by atoms with Crippen molar-refractivity contribution in [3.05, 3.63) is 24.0 Å². The fourth-order valence-electron chi connectivity index (χ4n) is 0.724. The van der Waals surface area contributed by atoms with Crippen LogP contribution in [0, 0.1) is 0 Å². The number of hydrogen-bond donors (Lipinski definition) is 1. The Morgan fingerprint density at radius 2 is 2.44 bits per heavy atom. The molecule has 1 aromatic rings. The summed E-state index contributed by atoms with van der Waals surface area (Å²) in [6, 6.07) is 3.97. The number of aromatic amines is 1. The summed E-state index contributed by atoms with van der Waals surface area (Å²) >= 11 is 0. The van der Waals surface area contributed by atoms with Gasteiger partial charge in [-0.25, -0.2) is 0 Å². The average molecular weight is 125 g/mol.